The molecule has 138 valence electrons. The summed E-state index contributed by atoms with van der Waals surface area (Å²) in [6, 6.07) is 11.0. The summed E-state index contributed by atoms with van der Waals surface area (Å²) >= 11 is 0. The summed E-state index contributed by atoms with van der Waals surface area (Å²) in [5.74, 6) is -0.736. The van der Waals surface area contributed by atoms with E-state index in [1.807, 2.05) is 0 Å². The Morgan fingerprint density at radius 3 is 2.35 bits per heavy atom. The van der Waals surface area contributed by atoms with Crippen molar-refractivity contribution in [3.05, 3.63) is 65.0 Å². The molecule has 0 aliphatic heterocycles. The predicted molar refractivity (Wildman–Crippen MR) is 98.6 cm³/mol. The molecule has 0 saturated heterocycles. The molecule has 0 spiro atoms. The topological polar surface area (TPSA) is 67.4 Å². The molecule has 0 saturated carbocycles. The largest absolute Gasteiger partial charge is 0.444 e. The summed E-state index contributed by atoms with van der Waals surface area (Å²) in [4.78, 5) is 23.9. The average Bonchev–Trinajstić information content (AvgIpc) is 2.55. The van der Waals surface area contributed by atoms with Gasteiger partial charge in [0, 0.05) is 17.8 Å². The Morgan fingerprint density at radius 2 is 1.73 bits per heavy atom. The van der Waals surface area contributed by atoms with Crippen LogP contribution in [0.15, 0.2) is 42.5 Å². The number of anilines is 1. The van der Waals surface area contributed by atoms with Crippen molar-refractivity contribution in [3.63, 3.8) is 0 Å². The van der Waals surface area contributed by atoms with E-state index in [-0.39, 0.29) is 5.91 Å². The molecule has 5 nitrogen and oxygen atoms in total. The fraction of sp³-hybridized carbons (Fsp3) is 0.300. The molecule has 0 bridgehead atoms. The van der Waals surface area contributed by atoms with E-state index < -0.39 is 17.5 Å². The summed E-state index contributed by atoms with van der Waals surface area (Å²) in [6.45, 7) is 7.46. The lowest BCUT2D eigenvalue weighted by atomic mass is 10.1. The number of amides is 2. The predicted octanol–water partition coefficient (Wildman–Crippen LogP) is 4.41. The molecular formula is C20H23FN2O3. The van der Waals surface area contributed by atoms with Gasteiger partial charge in [-0.3, -0.25) is 4.79 Å². The molecule has 2 aromatic rings. The molecule has 2 amide bonds. The van der Waals surface area contributed by atoms with Gasteiger partial charge in [-0.25, -0.2) is 9.18 Å². The smallest absolute Gasteiger partial charge is 0.407 e. The van der Waals surface area contributed by atoms with Crippen LogP contribution in [0.3, 0.4) is 0 Å². The number of ether oxygens (including phenoxy) is 1. The van der Waals surface area contributed by atoms with Crippen LogP contribution in [0.5, 0.6) is 0 Å². The maximum absolute atomic E-state index is 13.3. The molecule has 0 radical (unpaired) electrons. The van der Waals surface area contributed by atoms with E-state index in [0.717, 1.165) is 11.1 Å². The third-order valence-corrected chi connectivity index (χ3v) is 3.50. The fourth-order valence-corrected chi connectivity index (χ4v) is 2.19. The highest BCUT2D eigenvalue weighted by molar-refractivity contribution is 6.04. The van der Waals surface area contributed by atoms with Gasteiger partial charge in [0.15, 0.2) is 0 Å². The van der Waals surface area contributed by atoms with Crippen LogP contribution in [0.2, 0.25) is 0 Å². The molecule has 2 aromatic carbocycles. The number of hydrogen-bond acceptors (Lipinski definition) is 3. The molecule has 0 aliphatic rings. The first-order chi connectivity index (χ1) is 12.1. The minimum atomic E-state index is -0.554. The maximum Gasteiger partial charge on any atom is 0.407 e. The van der Waals surface area contributed by atoms with Crippen molar-refractivity contribution in [2.45, 2.75) is 39.8 Å². The van der Waals surface area contributed by atoms with Crippen LogP contribution in [0.4, 0.5) is 14.9 Å². The summed E-state index contributed by atoms with van der Waals surface area (Å²) in [6.07, 6.45) is -0.499. The van der Waals surface area contributed by atoms with Crippen LogP contribution in [-0.2, 0) is 11.3 Å². The van der Waals surface area contributed by atoms with E-state index in [9.17, 15) is 14.0 Å². The SMILES string of the molecule is Cc1ccc(F)cc1NC(=O)c1ccc(CNC(=O)OC(C)(C)C)cc1. The lowest BCUT2D eigenvalue weighted by Gasteiger charge is -2.19. The molecule has 26 heavy (non-hydrogen) atoms. The second kappa shape index (κ2) is 7.99. The minimum Gasteiger partial charge on any atom is -0.444 e. The van der Waals surface area contributed by atoms with Crippen LogP contribution in [0.25, 0.3) is 0 Å². The zero-order valence-corrected chi connectivity index (χ0v) is 15.4. The molecule has 0 aliphatic carbocycles. The van der Waals surface area contributed by atoms with Crippen molar-refractivity contribution in [2.75, 3.05) is 5.32 Å². The van der Waals surface area contributed by atoms with E-state index >= 15 is 0 Å². The van der Waals surface area contributed by atoms with E-state index in [1.54, 1.807) is 58.0 Å². The van der Waals surface area contributed by atoms with E-state index in [4.69, 9.17) is 4.74 Å². The second-order valence-electron chi connectivity index (χ2n) is 6.97. The second-order valence-corrected chi connectivity index (χ2v) is 6.97. The van der Waals surface area contributed by atoms with Crippen molar-refractivity contribution in [3.8, 4) is 0 Å². The molecule has 0 fully saturated rings. The summed E-state index contributed by atoms with van der Waals surface area (Å²) < 4.78 is 18.5. The Morgan fingerprint density at radius 1 is 1.08 bits per heavy atom. The quantitative estimate of drug-likeness (QED) is 0.851. The maximum atomic E-state index is 13.3. The van der Waals surface area contributed by atoms with Gasteiger partial charge in [-0.1, -0.05) is 18.2 Å². The van der Waals surface area contributed by atoms with Gasteiger partial charge in [0.1, 0.15) is 11.4 Å². The highest BCUT2D eigenvalue weighted by Gasteiger charge is 2.15. The third kappa shape index (κ3) is 5.88. The molecule has 0 aromatic heterocycles. The van der Waals surface area contributed by atoms with Crippen molar-refractivity contribution in [1.82, 2.24) is 5.32 Å². The lowest BCUT2D eigenvalue weighted by Crippen LogP contribution is -2.32. The number of halogens is 1. The van der Waals surface area contributed by atoms with Gasteiger partial charge >= 0.3 is 6.09 Å². The van der Waals surface area contributed by atoms with Crippen LogP contribution in [-0.4, -0.2) is 17.6 Å². The van der Waals surface area contributed by atoms with Gasteiger partial charge in [0.2, 0.25) is 0 Å². The Balaban J connectivity index is 1.95. The first kappa shape index (κ1) is 19.4. The summed E-state index contributed by atoms with van der Waals surface area (Å²) in [5.41, 5.74) is 1.92. The Bertz CT molecular complexity index is 796. The van der Waals surface area contributed by atoms with E-state index in [1.165, 1.54) is 12.1 Å². The number of hydrogen-bond donors (Lipinski definition) is 2. The average molecular weight is 358 g/mol. The van der Waals surface area contributed by atoms with Crippen LogP contribution >= 0.6 is 0 Å². The number of benzene rings is 2. The third-order valence-electron chi connectivity index (χ3n) is 3.50. The van der Waals surface area contributed by atoms with Crippen LogP contribution < -0.4 is 10.6 Å². The van der Waals surface area contributed by atoms with Crippen LogP contribution in [0.1, 0.15) is 42.3 Å². The number of rotatable bonds is 4. The highest BCUT2D eigenvalue weighted by Crippen LogP contribution is 2.17. The zero-order chi connectivity index (χ0) is 19.3. The first-order valence-electron chi connectivity index (χ1n) is 8.27. The Kier molecular flexibility index (Phi) is 5.97. The van der Waals surface area contributed by atoms with Gasteiger partial charge in [-0.2, -0.15) is 0 Å². The number of carbonyl (C=O) groups is 2. The first-order valence-corrected chi connectivity index (χ1v) is 8.27. The summed E-state index contributed by atoms with van der Waals surface area (Å²) in [7, 11) is 0. The Hall–Kier alpha value is -2.89. The molecule has 0 unspecified atom stereocenters. The van der Waals surface area contributed by atoms with Gasteiger partial charge in [-0.15, -0.1) is 0 Å². The highest BCUT2D eigenvalue weighted by atomic mass is 19.1. The summed E-state index contributed by atoms with van der Waals surface area (Å²) in [5, 5.41) is 5.35. The van der Waals surface area contributed by atoms with Gasteiger partial charge < -0.3 is 15.4 Å². The standard InChI is InChI=1S/C20H23FN2O3/c1-13-5-10-16(21)11-17(13)23-18(24)15-8-6-14(7-9-15)12-22-19(25)26-20(2,3)4/h5-11H,12H2,1-4H3,(H,22,25)(H,23,24). The van der Waals surface area contributed by atoms with Crippen molar-refractivity contribution in [2.24, 2.45) is 0 Å². The monoisotopic (exact) mass is 358 g/mol. The van der Waals surface area contributed by atoms with Crippen molar-refractivity contribution in [1.29, 1.82) is 0 Å². The number of alkyl carbamates (subject to hydrolysis) is 1. The lowest BCUT2D eigenvalue weighted by molar-refractivity contribution is 0.0523. The van der Waals surface area contributed by atoms with Crippen molar-refractivity contribution < 1.29 is 18.7 Å². The van der Waals surface area contributed by atoms with E-state index in [0.29, 0.717) is 17.8 Å². The molecule has 6 heteroatoms. The van der Waals surface area contributed by atoms with Gasteiger partial charge in [0.05, 0.1) is 0 Å². The molecule has 2 rings (SSSR count). The molecule has 2 N–H and O–H groups in total. The number of nitrogens with one attached hydrogen (secondary N) is 2. The molecule has 0 heterocycles. The number of carbonyl (C=O) groups excluding carboxylic acids is 2. The van der Waals surface area contributed by atoms with Gasteiger partial charge in [0.25, 0.3) is 5.91 Å². The molecule has 0 atom stereocenters. The zero-order valence-electron chi connectivity index (χ0n) is 15.4. The van der Waals surface area contributed by atoms with Crippen molar-refractivity contribution >= 4 is 17.7 Å². The fourth-order valence-electron chi connectivity index (χ4n) is 2.19. The Labute approximate surface area is 152 Å². The molecular weight excluding hydrogens is 335 g/mol. The van der Waals surface area contributed by atoms with E-state index in [2.05, 4.69) is 10.6 Å². The number of aryl methyl sites for hydroxylation is 1. The normalized spacial score (nSPS) is 11.0. The minimum absolute atomic E-state index is 0.291. The van der Waals surface area contributed by atoms with Gasteiger partial charge in [-0.05, 0) is 63.1 Å². The van der Waals surface area contributed by atoms with Crippen LogP contribution in [0, 0.1) is 12.7 Å².